The molecule has 5 N–H and O–H groups in total. The van der Waals surface area contributed by atoms with E-state index >= 15 is 0 Å². The lowest BCUT2D eigenvalue weighted by atomic mass is 10.4. The molecule has 0 spiro atoms. The number of primary amides is 1. The van der Waals surface area contributed by atoms with E-state index in [-0.39, 0.29) is 5.75 Å². The van der Waals surface area contributed by atoms with E-state index < -0.39 is 18.0 Å². The molecule has 0 saturated heterocycles. The monoisotopic (exact) mass is 179 g/mol. The molecule has 0 bridgehead atoms. The van der Waals surface area contributed by atoms with Crippen molar-refractivity contribution in [1.29, 1.82) is 0 Å². The summed E-state index contributed by atoms with van der Waals surface area (Å²) in [6.45, 7) is 0. The van der Waals surface area contributed by atoms with Crippen molar-refractivity contribution >= 4 is 24.6 Å². The van der Waals surface area contributed by atoms with Crippen LogP contribution in [0.25, 0.3) is 0 Å². The van der Waals surface area contributed by atoms with E-state index in [0.717, 1.165) is 0 Å². The van der Waals surface area contributed by atoms with Crippen molar-refractivity contribution in [1.82, 2.24) is 10.9 Å². The summed E-state index contributed by atoms with van der Waals surface area (Å²) >= 11 is 3.72. The number of urea groups is 1. The lowest BCUT2D eigenvalue weighted by Gasteiger charge is -2.10. The molecule has 11 heavy (non-hydrogen) atoms. The number of carboxylic acid groups (broad SMARTS) is 1. The molecule has 64 valence electrons. The average molecular weight is 179 g/mol. The predicted octanol–water partition coefficient (Wildman–Crippen LogP) is -1.46. The van der Waals surface area contributed by atoms with Gasteiger partial charge in [-0.05, 0) is 0 Å². The standard InChI is InChI=1S/C4H9N3O3S/c5-4(10)7-6-2(1-11)3(8)9/h2,6,11H,1H2,(H,8,9)(H3,5,7,10). The van der Waals surface area contributed by atoms with E-state index in [1.807, 2.05) is 5.43 Å². The fourth-order valence-electron chi connectivity index (χ4n) is 0.344. The molecule has 2 amide bonds. The Balaban J connectivity index is 3.70. The van der Waals surface area contributed by atoms with Crippen LogP contribution in [0, 0.1) is 0 Å². The predicted molar refractivity (Wildman–Crippen MR) is 41.1 cm³/mol. The molecule has 0 aliphatic heterocycles. The normalized spacial score (nSPS) is 12.1. The van der Waals surface area contributed by atoms with E-state index in [0.29, 0.717) is 0 Å². The minimum Gasteiger partial charge on any atom is -0.480 e. The van der Waals surface area contributed by atoms with Gasteiger partial charge in [-0.3, -0.25) is 10.2 Å². The zero-order valence-electron chi connectivity index (χ0n) is 5.57. The van der Waals surface area contributed by atoms with Crippen molar-refractivity contribution in [2.75, 3.05) is 5.75 Å². The number of carboxylic acids is 1. The third-order valence-electron chi connectivity index (χ3n) is 0.850. The highest BCUT2D eigenvalue weighted by Gasteiger charge is 2.14. The van der Waals surface area contributed by atoms with Gasteiger partial charge in [-0.15, -0.1) is 0 Å². The molecule has 0 aromatic carbocycles. The first-order chi connectivity index (χ1) is 5.07. The maximum Gasteiger partial charge on any atom is 0.326 e. The lowest BCUT2D eigenvalue weighted by molar-refractivity contribution is -0.139. The van der Waals surface area contributed by atoms with Gasteiger partial charge in [0, 0.05) is 5.75 Å². The molecule has 1 unspecified atom stereocenters. The smallest absolute Gasteiger partial charge is 0.326 e. The highest BCUT2D eigenvalue weighted by atomic mass is 32.1. The van der Waals surface area contributed by atoms with Gasteiger partial charge in [0.1, 0.15) is 6.04 Å². The van der Waals surface area contributed by atoms with Crippen molar-refractivity contribution < 1.29 is 14.7 Å². The molecule has 0 aromatic rings. The summed E-state index contributed by atoms with van der Waals surface area (Å²) in [5.41, 5.74) is 8.77. The number of carbonyl (C=O) groups is 2. The van der Waals surface area contributed by atoms with E-state index in [9.17, 15) is 9.59 Å². The first-order valence-electron chi connectivity index (χ1n) is 2.72. The van der Waals surface area contributed by atoms with E-state index in [1.165, 1.54) is 0 Å². The van der Waals surface area contributed by atoms with Gasteiger partial charge in [0.15, 0.2) is 0 Å². The molecule has 0 aliphatic carbocycles. The minimum absolute atomic E-state index is 0.0651. The van der Waals surface area contributed by atoms with Gasteiger partial charge in [0.2, 0.25) is 0 Å². The summed E-state index contributed by atoms with van der Waals surface area (Å²) in [6.07, 6.45) is 0. The van der Waals surface area contributed by atoms with E-state index in [1.54, 1.807) is 0 Å². The van der Waals surface area contributed by atoms with Gasteiger partial charge >= 0.3 is 12.0 Å². The van der Waals surface area contributed by atoms with Crippen molar-refractivity contribution in [2.45, 2.75) is 6.04 Å². The minimum atomic E-state index is -1.10. The van der Waals surface area contributed by atoms with Crippen molar-refractivity contribution in [3.8, 4) is 0 Å². The summed E-state index contributed by atoms with van der Waals surface area (Å²) < 4.78 is 0. The second-order valence-electron chi connectivity index (χ2n) is 1.71. The zero-order valence-corrected chi connectivity index (χ0v) is 6.47. The Morgan fingerprint density at radius 3 is 2.45 bits per heavy atom. The van der Waals surface area contributed by atoms with Crippen LogP contribution >= 0.6 is 12.6 Å². The molecule has 0 aliphatic rings. The van der Waals surface area contributed by atoms with Gasteiger partial charge in [0.05, 0.1) is 0 Å². The number of amides is 2. The Morgan fingerprint density at radius 2 is 2.18 bits per heavy atom. The third kappa shape index (κ3) is 4.45. The lowest BCUT2D eigenvalue weighted by Crippen LogP contribution is -2.50. The largest absolute Gasteiger partial charge is 0.480 e. The summed E-state index contributed by atoms with van der Waals surface area (Å²) in [4.78, 5) is 20.3. The fourth-order valence-corrected chi connectivity index (χ4v) is 0.591. The van der Waals surface area contributed by atoms with Crippen LogP contribution in [0.15, 0.2) is 0 Å². The Morgan fingerprint density at radius 1 is 1.64 bits per heavy atom. The van der Waals surface area contributed by atoms with Crippen molar-refractivity contribution in [3.63, 3.8) is 0 Å². The highest BCUT2D eigenvalue weighted by molar-refractivity contribution is 7.80. The quantitative estimate of drug-likeness (QED) is 0.269. The van der Waals surface area contributed by atoms with E-state index in [2.05, 4.69) is 23.8 Å². The van der Waals surface area contributed by atoms with Gasteiger partial charge in [-0.2, -0.15) is 12.6 Å². The molecule has 1 atom stereocenters. The number of hydrazine groups is 1. The molecular weight excluding hydrogens is 170 g/mol. The first-order valence-corrected chi connectivity index (χ1v) is 3.35. The molecule has 6 nitrogen and oxygen atoms in total. The van der Waals surface area contributed by atoms with Gasteiger partial charge in [-0.1, -0.05) is 0 Å². The van der Waals surface area contributed by atoms with Crippen LogP contribution in [0.3, 0.4) is 0 Å². The van der Waals surface area contributed by atoms with Crippen molar-refractivity contribution in [3.05, 3.63) is 0 Å². The van der Waals surface area contributed by atoms with Crippen LogP contribution < -0.4 is 16.6 Å². The van der Waals surface area contributed by atoms with Crippen molar-refractivity contribution in [2.24, 2.45) is 5.73 Å². The number of rotatable bonds is 4. The number of thiol groups is 1. The number of aliphatic carboxylic acids is 1. The SMILES string of the molecule is NC(=O)NNC(CS)C(=O)O. The second kappa shape index (κ2) is 4.80. The Labute approximate surface area is 68.5 Å². The molecule has 7 heteroatoms. The fraction of sp³-hybridized carbons (Fsp3) is 0.500. The van der Waals surface area contributed by atoms with Crippen LogP contribution in [0.2, 0.25) is 0 Å². The van der Waals surface area contributed by atoms with Gasteiger partial charge in [0.25, 0.3) is 0 Å². The summed E-state index contributed by atoms with van der Waals surface area (Å²) in [5.74, 6) is -1.04. The average Bonchev–Trinajstić information content (AvgIpc) is 1.87. The molecular formula is C4H9N3O3S. The zero-order chi connectivity index (χ0) is 8.85. The molecule has 0 fully saturated rings. The number of hydrogen-bond acceptors (Lipinski definition) is 4. The summed E-state index contributed by atoms with van der Waals surface area (Å²) in [5, 5.41) is 8.38. The molecule has 0 saturated carbocycles. The first kappa shape index (κ1) is 10.0. The molecule has 0 radical (unpaired) electrons. The van der Waals surface area contributed by atoms with Crippen LogP contribution in [0.5, 0.6) is 0 Å². The van der Waals surface area contributed by atoms with Crippen LogP contribution in [0.1, 0.15) is 0 Å². The Hall–Kier alpha value is -0.950. The van der Waals surface area contributed by atoms with E-state index in [4.69, 9.17) is 5.11 Å². The van der Waals surface area contributed by atoms with Crippen LogP contribution in [0.4, 0.5) is 4.79 Å². The maximum absolute atomic E-state index is 10.2. The second-order valence-corrected chi connectivity index (χ2v) is 2.07. The third-order valence-corrected chi connectivity index (χ3v) is 1.22. The number of hydrogen-bond donors (Lipinski definition) is 5. The summed E-state index contributed by atoms with van der Waals surface area (Å²) in [7, 11) is 0. The highest BCUT2D eigenvalue weighted by Crippen LogP contribution is 1.84. The van der Waals surface area contributed by atoms with Gasteiger partial charge < -0.3 is 10.8 Å². The van der Waals surface area contributed by atoms with Crippen LogP contribution in [-0.4, -0.2) is 28.9 Å². The number of nitrogens with one attached hydrogen (secondary N) is 2. The molecule has 0 aromatic heterocycles. The molecule has 0 rings (SSSR count). The maximum atomic E-state index is 10.2. The van der Waals surface area contributed by atoms with Crippen LogP contribution in [-0.2, 0) is 4.79 Å². The number of carbonyl (C=O) groups excluding carboxylic acids is 1. The van der Waals surface area contributed by atoms with Gasteiger partial charge in [-0.25, -0.2) is 10.2 Å². The Bertz CT molecular complexity index is 163. The Kier molecular flexibility index (Phi) is 4.39. The topological polar surface area (TPSA) is 104 Å². The number of nitrogens with two attached hydrogens (primary N) is 1. The summed E-state index contributed by atoms with van der Waals surface area (Å²) in [6, 6.07) is -1.76. The molecule has 0 heterocycles.